The van der Waals surface area contributed by atoms with Gasteiger partial charge in [-0.15, -0.1) is 24.0 Å². The van der Waals surface area contributed by atoms with Crippen LogP contribution in [0.2, 0.25) is 0 Å². The van der Waals surface area contributed by atoms with Crippen LogP contribution in [0.3, 0.4) is 0 Å². The van der Waals surface area contributed by atoms with Crippen LogP contribution in [0, 0.1) is 0 Å². The Morgan fingerprint density at radius 2 is 1.88 bits per heavy atom. The first-order chi connectivity index (χ1) is 11.7. The molecule has 2 rings (SSSR count). The van der Waals surface area contributed by atoms with Gasteiger partial charge in [0, 0.05) is 46.0 Å². The van der Waals surface area contributed by atoms with Crippen LogP contribution in [0.5, 0.6) is 0 Å². The lowest BCUT2D eigenvalue weighted by Gasteiger charge is -2.29. The van der Waals surface area contributed by atoms with Crippen molar-refractivity contribution in [2.24, 2.45) is 4.99 Å². The van der Waals surface area contributed by atoms with Crippen molar-refractivity contribution in [3.05, 3.63) is 29.8 Å². The largest absolute Gasteiger partial charge is 0.372 e. The van der Waals surface area contributed by atoms with Gasteiger partial charge in [-0.3, -0.25) is 4.99 Å². The summed E-state index contributed by atoms with van der Waals surface area (Å²) in [6.07, 6.45) is 7.33. The Bertz CT molecular complexity index is 501. The number of hydrogen-bond donors (Lipinski definition) is 1. The molecule has 0 aliphatic carbocycles. The Labute approximate surface area is 174 Å². The van der Waals surface area contributed by atoms with Crippen molar-refractivity contribution < 1.29 is 0 Å². The molecule has 0 saturated carbocycles. The molecule has 1 saturated heterocycles. The number of thioether (sulfide) groups is 1. The van der Waals surface area contributed by atoms with Gasteiger partial charge in [0.1, 0.15) is 0 Å². The van der Waals surface area contributed by atoms with Crippen molar-refractivity contribution >= 4 is 47.4 Å². The van der Waals surface area contributed by atoms with Crippen LogP contribution in [0.15, 0.2) is 29.3 Å². The topological polar surface area (TPSA) is 30.9 Å². The molecule has 0 bridgehead atoms. The van der Waals surface area contributed by atoms with E-state index in [1.54, 1.807) is 0 Å². The number of rotatable bonds is 7. The number of aliphatic imine (C=N–C) groups is 1. The van der Waals surface area contributed by atoms with Gasteiger partial charge in [-0.1, -0.05) is 12.1 Å². The van der Waals surface area contributed by atoms with E-state index in [4.69, 9.17) is 0 Å². The van der Waals surface area contributed by atoms with Crippen molar-refractivity contribution in [1.82, 2.24) is 10.2 Å². The van der Waals surface area contributed by atoms with Gasteiger partial charge in [-0.2, -0.15) is 11.8 Å². The number of hydrogen-bond acceptors (Lipinski definition) is 3. The number of guanidine groups is 1. The standard InChI is InChI=1S/C19H32N4S.HI/c1-20-19(21-12-7-15-24-3)22(2)16-17-8-10-18(11-9-17)23-13-5-4-6-14-23;/h8-11H,4-7,12-16H2,1-3H3,(H,20,21);1H. The molecule has 1 N–H and O–H groups in total. The molecule has 1 fully saturated rings. The first-order valence-electron chi connectivity index (χ1n) is 8.99. The summed E-state index contributed by atoms with van der Waals surface area (Å²) in [5, 5.41) is 3.44. The monoisotopic (exact) mass is 476 g/mol. The highest BCUT2D eigenvalue weighted by molar-refractivity contribution is 14.0. The normalized spacial score (nSPS) is 14.8. The highest BCUT2D eigenvalue weighted by Crippen LogP contribution is 2.20. The number of halogens is 1. The highest BCUT2D eigenvalue weighted by Gasteiger charge is 2.11. The maximum absolute atomic E-state index is 4.39. The Morgan fingerprint density at radius 1 is 1.20 bits per heavy atom. The molecule has 0 aromatic heterocycles. The van der Waals surface area contributed by atoms with Crippen molar-refractivity contribution in [3.8, 4) is 0 Å². The van der Waals surface area contributed by atoms with Gasteiger partial charge < -0.3 is 15.1 Å². The molecule has 0 spiro atoms. The molecule has 1 aromatic rings. The third kappa shape index (κ3) is 7.64. The van der Waals surface area contributed by atoms with E-state index in [1.807, 2.05) is 18.8 Å². The average Bonchev–Trinajstić information content (AvgIpc) is 2.63. The molecule has 6 heteroatoms. The molecule has 1 aliphatic rings. The second-order valence-electron chi connectivity index (χ2n) is 6.39. The van der Waals surface area contributed by atoms with E-state index in [0.717, 1.165) is 19.0 Å². The molecule has 0 unspecified atom stereocenters. The summed E-state index contributed by atoms with van der Waals surface area (Å²) in [6.45, 7) is 4.26. The number of benzene rings is 1. The lowest BCUT2D eigenvalue weighted by molar-refractivity contribution is 0.477. The Balaban J connectivity index is 0.00000312. The van der Waals surface area contributed by atoms with Gasteiger partial charge in [-0.25, -0.2) is 0 Å². The molecule has 142 valence electrons. The van der Waals surface area contributed by atoms with Crippen LogP contribution >= 0.6 is 35.7 Å². The van der Waals surface area contributed by atoms with Crippen LogP contribution in [0.25, 0.3) is 0 Å². The molecule has 0 radical (unpaired) electrons. The van der Waals surface area contributed by atoms with Crippen LogP contribution < -0.4 is 10.2 Å². The van der Waals surface area contributed by atoms with Gasteiger partial charge in [0.2, 0.25) is 0 Å². The fraction of sp³-hybridized carbons (Fsp3) is 0.632. The Hall–Kier alpha value is -0.630. The quantitative estimate of drug-likeness (QED) is 0.279. The van der Waals surface area contributed by atoms with Crippen molar-refractivity contribution in [1.29, 1.82) is 0 Å². The number of piperidine rings is 1. The van der Waals surface area contributed by atoms with Gasteiger partial charge in [0.25, 0.3) is 0 Å². The molecule has 1 heterocycles. The van der Waals surface area contributed by atoms with Gasteiger partial charge >= 0.3 is 0 Å². The number of nitrogens with zero attached hydrogens (tertiary/aromatic N) is 3. The second kappa shape index (κ2) is 12.7. The van der Waals surface area contributed by atoms with Crippen LogP contribution in [0.1, 0.15) is 31.2 Å². The first kappa shape index (κ1) is 22.4. The van der Waals surface area contributed by atoms with E-state index in [2.05, 4.69) is 57.7 Å². The van der Waals surface area contributed by atoms with E-state index in [1.165, 1.54) is 55.8 Å². The van der Waals surface area contributed by atoms with Crippen LogP contribution in [-0.4, -0.2) is 56.6 Å². The third-order valence-electron chi connectivity index (χ3n) is 4.46. The molecule has 0 amide bonds. The first-order valence-corrected chi connectivity index (χ1v) is 10.4. The lowest BCUT2D eigenvalue weighted by Crippen LogP contribution is -2.39. The van der Waals surface area contributed by atoms with Crippen molar-refractivity contribution in [2.75, 3.05) is 50.6 Å². The van der Waals surface area contributed by atoms with E-state index in [9.17, 15) is 0 Å². The highest BCUT2D eigenvalue weighted by atomic mass is 127. The maximum Gasteiger partial charge on any atom is 0.193 e. The number of nitrogens with one attached hydrogen (secondary N) is 1. The minimum atomic E-state index is 0. The van der Waals surface area contributed by atoms with E-state index in [0.29, 0.717) is 0 Å². The summed E-state index contributed by atoms with van der Waals surface area (Å²) in [6, 6.07) is 9.04. The predicted octanol–water partition coefficient (Wildman–Crippen LogP) is 4.06. The molecular formula is C19H33IN4S. The van der Waals surface area contributed by atoms with Gasteiger partial charge in [0.15, 0.2) is 5.96 Å². The molecule has 0 atom stereocenters. The fourth-order valence-electron chi connectivity index (χ4n) is 3.11. The average molecular weight is 476 g/mol. The van der Waals surface area contributed by atoms with Crippen LogP contribution in [0.4, 0.5) is 5.69 Å². The zero-order valence-electron chi connectivity index (χ0n) is 15.8. The summed E-state index contributed by atoms with van der Waals surface area (Å²) in [4.78, 5) is 9.08. The summed E-state index contributed by atoms with van der Waals surface area (Å²) in [5.74, 6) is 2.15. The van der Waals surface area contributed by atoms with Crippen LogP contribution in [-0.2, 0) is 6.54 Å². The molecule has 25 heavy (non-hydrogen) atoms. The SMILES string of the molecule is CN=C(NCCCSC)N(C)Cc1ccc(N2CCCCC2)cc1.I. The number of anilines is 1. The maximum atomic E-state index is 4.39. The summed E-state index contributed by atoms with van der Waals surface area (Å²) in [7, 11) is 3.95. The van der Waals surface area contributed by atoms with E-state index < -0.39 is 0 Å². The summed E-state index contributed by atoms with van der Waals surface area (Å²) >= 11 is 1.89. The second-order valence-corrected chi connectivity index (χ2v) is 7.38. The van der Waals surface area contributed by atoms with Gasteiger partial charge in [0.05, 0.1) is 0 Å². The lowest BCUT2D eigenvalue weighted by atomic mass is 10.1. The van der Waals surface area contributed by atoms with Crippen molar-refractivity contribution in [2.45, 2.75) is 32.2 Å². The summed E-state index contributed by atoms with van der Waals surface area (Å²) < 4.78 is 0. The minimum Gasteiger partial charge on any atom is -0.372 e. The van der Waals surface area contributed by atoms with E-state index >= 15 is 0 Å². The predicted molar refractivity (Wildman–Crippen MR) is 124 cm³/mol. The van der Waals surface area contributed by atoms with Gasteiger partial charge in [-0.05, 0) is 55.4 Å². The molecule has 1 aliphatic heterocycles. The Kier molecular flexibility index (Phi) is 11.4. The molecule has 1 aromatic carbocycles. The molecule has 4 nitrogen and oxygen atoms in total. The Morgan fingerprint density at radius 3 is 2.48 bits per heavy atom. The minimum absolute atomic E-state index is 0. The third-order valence-corrected chi connectivity index (χ3v) is 5.16. The summed E-state index contributed by atoms with van der Waals surface area (Å²) in [5.41, 5.74) is 2.69. The van der Waals surface area contributed by atoms with E-state index in [-0.39, 0.29) is 24.0 Å². The zero-order valence-corrected chi connectivity index (χ0v) is 19.0. The fourth-order valence-corrected chi connectivity index (χ4v) is 3.55. The zero-order chi connectivity index (χ0) is 17.2. The van der Waals surface area contributed by atoms with Crippen molar-refractivity contribution in [3.63, 3.8) is 0 Å². The molecular weight excluding hydrogens is 443 g/mol. The smallest absolute Gasteiger partial charge is 0.193 e.